The molecule has 0 aliphatic carbocycles. The van der Waals surface area contributed by atoms with Crippen molar-refractivity contribution in [3.05, 3.63) is 23.8 Å². The molecule has 0 radical (unpaired) electrons. The summed E-state index contributed by atoms with van der Waals surface area (Å²) in [5.41, 5.74) is 0.695. The lowest BCUT2D eigenvalue weighted by Crippen LogP contribution is -2.47. The monoisotopic (exact) mass is 321 g/mol. The minimum atomic E-state index is -0.273. The number of hydrogen-bond donors (Lipinski definition) is 0. The zero-order valence-electron chi connectivity index (χ0n) is 14.7. The van der Waals surface area contributed by atoms with Crippen molar-refractivity contribution in [2.45, 2.75) is 39.3 Å². The molecule has 1 aliphatic heterocycles. The lowest BCUT2D eigenvalue weighted by Gasteiger charge is -2.37. The molecule has 1 atom stereocenters. The van der Waals surface area contributed by atoms with Crippen molar-refractivity contribution in [3.8, 4) is 11.5 Å². The fourth-order valence-electron chi connectivity index (χ4n) is 2.75. The van der Waals surface area contributed by atoms with E-state index < -0.39 is 0 Å². The van der Waals surface area contributed by atoms with Crippen molar-refractivity contribution >= 4 is 5.91 Å². The molecule has 1 fully saturated rings. The molecule has 0 spiro atoms. The molecule has 5 nitrogen and oxygen atoms in total. The zero-order chi connectivity index (χ0) is 17.0. The van der Waals surface area contributed by atoms with E-state index in [1.54, 1.807) is 14.2 Å². The Bertz CT molecular complexity index is 544. The van der Waals surface area contributed by atoms with E-state index >= 15 is 0 Å². The Labute approximate surface area is 138 Å². The Morgan fingerprint density at radius 3 is 2.57 bits per heavy atom. The lowest BCUT2D eigenvalue weighted by molar-refractivity contribution is -0.141. The Balaban J connectivity index is 2.26. The van der Waals surface area contributed by atoms with Gasteiger partial charge in [0.05, 0.1) is 26.7 Å². The lowest BCUT2D eigenvalue weighted by atomic mass is 9.99. The van der Waals surface area contributed by atoms with Gasteiger partial charge in [-0.05, 0) is 39.3 Å². The number of hydrogen-bond acceptors (Lipinski definition) is 4. The van der Waals surface area contributed by atoms with Crippen molar-refractivity contribution in [1.29, 1.82) is 0 Å². The summed E-state index contributed by atoms with van der Waals surface area (Å²) >= 11 is 0. The topological polar surface area (TPSA) is 48.0 Å². The first kappa shape index (κ1) is 17.6. The fourth-order valence-corrected chi connectivity index (χ4v) is 2.75. The number of carbonyl (C=O) groups is 1. The van der Waals surface area contributed by atoms with Gasteiger partial charge in [0.2, 0.25) is 5.91 Å². The molecule has 0 aromatic heterocycles. The third-order valence-corrected chi connectivity index (χ3v) is 4.18. The summed E-state index contributed by atoms with van der Waals surface area (Å²) in [6, 6.07) is 5.69. The summed E-state index contributed by atoms with van der Waals surface area (Å²) < 4.78 is 16.1. The van der Waals surface area contributed by atoms with Gasteiger partial charge in [0.25, 0.3) is 0 Å². The molecule has 1 saturated heterocycles. The van der Waals surface area contributed by atoms with E-state index in [0.29, 0.717) is 19.8 Å². The molecule has 1 aliphatic rings. The third kappa shape index (κ3) is 4.16. The average Bonchev–Trinajstić information content (AvgIpc) is 3.05. The highest BCUT2D eigenvalue weighted by molar-refractivity contribution is 5.80. The molecule has 1 unspecified atom stereocenters. The molecule has 5 heteroatoms. The third-order valence-electron chi connectivity index (χ3n) is 4.18. The van der Waals surface area contributed by atoms with Crippen molar-refractivity contribution < 1.29 is 19.0 Å². The maximum Gasteiger partial charge on any atom is 0.228 e. The van der Waals surface area contributed by atoms with Crippen LogP contribution in [0, 0.1) is 5.92 Å². The van der Waals surface area contributed by atoms with Crippen LogP contribution in [0.4, 0.5) is 0 Å². The fraction of sp³-hybridized carbons (Fsp3) is 0.611. The van der Waals surface area contributed by atoms with Crippen molar-refractivity contribution in [1.82, 2.24) is 4.90 Å². The first-order valence-corrected chi connectivity index (χ1v) is 7.97. The normalized spacial score (nSPS) is 17.9. The number of ether oxygens (including phenoxy) is 3. The van der Waals surface area contributed by atoms with E-state index in [9.17, 15) is 4.79 Å². The zero-order valence-corrected chi connectivity index (χ0v) is 14.7. The molecule has 2 rings (SSSR count). The molecular formula is C18H27NO4. The van der Waals surface area contributed by atoms with Gasteiger partial charge >= 0.3 is 0 Å². The Morgan fingerprint density at radius 2 is 2.04 bits per heavy atom. The van der Waals surface area contributed by atoms with E-state index in [0.717, 1.165) is 23.5 Å². The second-order valence-electron chi connectivity index (χ2n) is 6.83. The summed E-state index contributed by atoms with van der Waals surface area (Å²) in [6.07, 6.45) is 0.797. The van der Waals surface area contributed by atoms with Gasteiger partial charge in [-0.15, -0.1) is 0 Å². The maximum atomic E-state index is 12.9. The molecule has 0 N–H and O–H groups in total. The Hall–Kier alpha value is -1.75. The van der Waals surface area contributed by atoms with Crippen LogP contribution in [-0.4, -0.2) is 43.8 Å². The number of benzene rings is 1. The van der Waals surface area contributed by atoms with Crippen LogP contribution in [0.2, 0.25) is 0 Å². The van der Waals surface area contributed by atoms with Crippen LogP contribution in [-0.2, 0) is 16.1 Å². The molecule has 128 valence electrons. The van der Waals surface area contributed by atoms with Crippen LogP contribution < -0.4 is 9.47 Å². The van der Waals surface area contributed by atoms with E-state index in [2.05, 4.69) is 20.8 Å². The summed E-state index contributed by atoms with van der Waals surface area (Å²) in [5, 5.41) is 0. The van der Waals surface area contributed by atoms with Crippen LogP contribution >= 0.6 is 0 Å². The van der Waals surface area contributed by atoms with Crippen molar-refractivity contribution in [2.24, 2.45) is 5.92 Å². The predicted molar refractivity (Wildman–Crippen MR) is 88.8 cm³/mol. The predicted octanol–water partition coefficient (Wildman–Crippen LogP) is 2.87. The first-order valence-electron chi connectivity index (χ1n) is 7.97. The van der Waals surface area contributed by atoms with Crippen molar-refractivity contribution in [3.63, 3.8) is 0 Å². The smallest absolute Gasteiger partial charge is 0.228 e. The molecule has 23 heavy (non-hydrogen) atoms. The largest absolute Gasteiger partial charge is 0.497 e. The quantitative estimate of drug-likeness (QED) is 0.837. The minimum absolute atomic E-state index is 0.0431. The van der Waals surface area contributed by atoms with Crippen molar-refractivity contribution in [2.75, 3.05) is 27.4 Å². The van der Waals surface area contributed by atoms with Gasteiger partial charge in [-0.3, -0.25) is 4.79 Å². The van der Waals surface area contributed by atoms with Gasteiger partial charge < -0.3 is 19.1 Å². The number of rotatable bonds is 5. The molecule has 1 amide bonds. The highest BCUT2D eigenvalue weighted by Gasteiger charge is 2.34. The van der Waals surface area contributed by atoms with Crippen LogP contribution in [0.25, 0.3) is 0 Å². The number of nitrogens with zero attached hydrogens (tertiary/aromatic N) is 1. The standard InChI is InChI=1S/C18H27NO4/c1-18(2,3)19(17(20)14-8-9-23-12-14)11-13-6-7-15(21-4)10-16(13)22-5/h6-7,10,14H,8-9,11-12H2,1-5H3. The average molecular weight is 321 g/mol. The second kappa shape index (κ2) is 7.21. The van der Waals surface area contributed by atoms with E-state index in [1.807, 2.05) is 23.1 Å². The van der Waals surface area contributed by atoms with E-state index in [-0.39, 0.29) is 17.4 Å². The molecule has 1 aromatic carbocycles. The van der Waals surface area contributed by atoms with Crippen LogP contribution in [0.15, 0.2) is 18.2 Å². The first-order chi connectivity index (χ1) is 10.9. The van der Waals surface area contributed by atoms with Gasteiger partial charge in [-0.2, -0.15) is 0 Å². The molecule has 0 saturated carbocycles. The van der Waals surface area contributed by atoms with Crippen LogP contribution in [0.5, 0.6) is 11.5 Å². The van der Waals surface area contributed by atoms with Crippen LogP contribution in [0.3, 0.4) is 0 Å². The maximum absolute atomic E-state index is 12.9. The summed E-state index contributed by atoms with van der Waals surface area (Å²) in [5.74, 6) is 1.57. The molecular weight excluding hydrogens is 294 g/mol. The summed E-state index contributed by atoms with van der Waals surface area (Å²) in [4.78, 5) is 14.8. The minimum Gasteiger partial charge on any atom is -0.497 e. The summed E-state index contributed by atoms with van der Waals surface area (Å²) in [7, 11) is 3.26. The van der Waals surface area contributed by atoms with E-state index in [4.69, 9.17) is 14.2 Å². The molecule has 1 aromatic rings. The van der Waals surface area contributed by atoms with Gasteiger partial charge in [-0.25, -0.2) is 0 Å². The van der Waals surface area contributed by atoms with E-state index in [1.165, 1.54) is 0 Å². The number of methoxy groups -OCH3 is 2. The Kier molecular flexibility index (Phi) is 5.52. The molecule has 0 bridgehead atoms. The highest BCUT2D eigenvalue weighted by Crippen LogP contribution is 2.29. The van der Waals surface area contributed by atoms with Gasteiger partial charge in [0, 0.05) is 30.3 Å². The SMILES string of the molecule is COc1ccc(CN(C(=O)C2CCOC2)C(C)(C)C)c(OC)c1. The number of carbonyl (C=O) groups excluding carboxylic acids is 1. The van der Waals surface area contributed by atoms with Gasteiger partial charge in [0.15, 0.2) is 0 Å². The summed E-state index contributed by atoms with van der Waals surface area (Å²) in [6.45, 7) is 7.85. The van der Waals surface area contributed by atoms with Gasteiger partial charge in [-0.1, -0.05) is 0 Å². The highest BCUT2D eigenvalue weighted by atomic mass is 16.5. The van der Waals surface area contributed by atoms with Crippen LogP contribution in [0.1, 0.15) is 32.8 Å². The number of amides is 1. The second-order valence-corrected chi connectivity index (χ2v) is 6.83. The Morgan fingerprint density at radius 1 is 1.30 bits per heavy atom. The van der Waals surface area contributed by atoms with Gasteiger partial charge in [0.1, 0.15) is 11.5 Å². The molecule has 1 heterocycles.